The summed E-state index contributed by atoms with van der Waals surface area (Å²) in [7, 11) is 1.42. The minimum Gasteiger partial charge on any atom is -0.494 e. The number of ketones is 1. The van der Waals surface area contributed by atoms with Crippen LogP contribution in [0.15, 0.2) is 18.2 Å². The molecule has 2 aliphatic rings. The molecule has 0 aliphatic heterocycles. The average molecular weight is 306 g/mol. The first-order chi connectivity index (χ1) is 10.6. The van der Waals surface area contributed by atoms with E-state index >= 15 is 0 Å². The molecule has 0 saturated heterocycles. The zero-order valence-corrected chi connectivity index (χ0v) is 12.7. The topological polar surface area (TPSA) is 52.6 Å². The van der Waals surface area contributed by atoms with Crippen molar-refractivity contribution in [3.63, 3.8) is 0 Å². The number of ether oxygens (including phenoxy) is 2. The third-order valence-electron chi connectivity index (χ3n) is 4.71. The fraction of sp³-hybridized carbons (Fsp3) is 0.529. The molecule has 0 heterocycles. The van der Waals surface area contributed by atoms with Crippen molar-refractivity contribution in [2.45, 2.75) is 19.8 Å². The van der Waals surface area contributed by atoms with Crippen molar-refractivity contribution in [1.82, 2.24) is 0 Å². The number of methoxy groups -OCH3 is 1. The minimum absolute atomic E-state index is 0.117. The maximum Gasteiger partial charge on any atom is 0.309 e. The molecule has 4 unspecified atom stereocenters. The Labute approximate surface area is 128 Å². The van der Waals surface area contributed by atoms with Crippen molar-refractivity contribution in [2.75, 3.05) is 13.7 Å². The Kier molecular flexibility index (Phi) is 3.89. The van der Waals surface area contributed by atoms with Gasteiger partial charge in [0.2, 0.25) is 0 Å². The van der Waals surface area contributed by atoms with Gasteiger partial charge in [-0.3, -0.25) is 9.59 Å². The molecule has 0 spiro atoms. The van der Waals surface area contributed by atoms with E-state index in [1.54, 1.807) is 19.1 Å². The van der Waals surface area contributed by atoms with Crippen molar-refractivity contribution < 1.29 is 23.5 Å². The van der Waals surface area contributed by atoms with Crippen LogP contribution >= 0.6 is 0 Å². The first-order valence-corrected chi connectivity index (χ1v) is 7.59. The second-order valence-corrected chi connectivity index (χ2v) is 5.98. The molecule has 0 aromatic heterocycles. The van der Waals surface area contributed by atoms with Gasteiger partial charge in [0.25, 0.3) is 0 Å². The Balaban J connectivity index is 1.62. The van der Waals surface area contributed by atoms with Gasteiger partial charge in [0, 0.05) is 11.8 Å². The fourth-order valence-electron chi connectivity index (χ4n) is 3.64. The van der Waals surface area contributed by atoms with Gasteiger partial charge in [-0.1, -0.05) is 6.07 Å². The maximum atomic E-state index is 13.7. The van der Waals surface area contributed by atoms with Crippen LogP contribution in [-0.4, -0.2) is 25.5 Å². The summed E-state index contributed by atoms with van der Waals surface area (Å²) < 4.78 is 23.6. The monoisotopic (exact) mass is 306 g/mol. The highest BCUT2D eigenvalue weighted by molar-refractivity contribution is 5.96. The first-order valence-electron chi connectivity index (χ1n) is 7.59. The van der Waals surface area contributed by atoms with E-state index in [1.807, 2.05) is 0 Å². The van der Waals surface area contributed by atoms with E-state index in [9.17, 15) is 14.0 Å². The predicted octanol–water partition coefficient (Wildman–Crippen LogP) is 2.39. The van der Waals surface area contributed by atoms with E-state index in [1.165, 1.54) is 13.2 Å². The fourth-order valence-corrected chi connectivity index (χ4v) is 3.64. The van der Waals surface area contributed by atoms with Gasteiger partial charge in [-0.05, 0) is 43.4 Å². The van der Waals surface area contributed by atoms with Crippen molar-refractivity contribution >= 4 is 11.8 Å². The van der Waals surface area contributed by atoms with Crippen LogP contribution in [0.5, 0.6) is 5.75 Å². The second-order valence-electron chi connectivity index (χ2n) is 5.98. The van der Waals surface area contributed by atoms with Crippen molar-refractivity contribution in [2.24, 2.45) is 23.7 Å². The summed E-state index contributed by atoms with van der Waals surface area (Å²) in [5, 5.41) is 0. The van der Waals surface area contributed by atoms with Gasteiger partial charge in [0.05, 0.1) is 19.6 Å². The van der Waals surface area contributed by atoms with Gasteiger partial charge in [0.1, 0.15) is 5.78 Å². The molecular weight excluding hydrogens is 287 g/mol. The van der Waals surface area contributed by atoms with Crippen LogP contribution in [0.4, 0.5) is 4.39 Å². The third kappa shape index (κ3) is 2.49. The Morgan fingerprint density at radius 3 is 2.73 bits per heavy atom. The van der Waals surface area contributed by atoms with Gasteiger partial charge in [-0.2, -0.15) is 0 Å². The number of benzene rings is 1. The van der Waals surface area contributed by atoms with Gasteiger partial charge >= 0.3 is 5.97 Å². The minimum atomic E-state index is -0.417. The second kappa shape index (κ2) is 5.71. The smallest absolute Gasteiger partial charge is 0.309 e. The van der Waals surface area contributed by atoms with E-state index in [0.717, 1.165) is 5.56 Å². The van der Waals surface area contributed by atoms with Crippen LogP contribution in [0.1, 0.15) is 18.9 Å². The highest BCUT2D eigenvalue weighted by Crippen LogP contribution is 2.58. The summed E-state index contributed by atoms with van der Waals surface area (Å²) in [5.74, 6) is -0.748. The SMILES string of the molecule is CCOC(=O)C1C2CC(Cc3ccc(OC)c(F)c3)C(=O)C21. The number of carbonyl (C=O) groups excluding carboxylic acids is 2. The van der Waals surface area contributed by atoms with Crippen LogP contribution in [0, 0.1) is 29.5 Å². The number of hydrogen-bond donors (Lipinski definition) is 0. The molecule has 0 radical (unpaired) electrons. The molecule has 0 bridgehead atoms. The van der Waals surface area contributed by atoms with Gasteiger partial charge in [0.15, 0.2) is 11.6 Å². The van der Waals surface area contributed by atoms with E-state index in [0.29, 0.717) is 19.4 Å². The zero-order chi connectivity index (χ0) is 15.9. The molecule has 1 aromatic carbocycles. The van der Waals surface area contributed by atoms with E-state index in [2.05, 4.69) is 0 Å². The molecule has 0 amide bonds. The number of Topliss-reactive ketones (excluding diaryl/α,β-unsaturated/α-hetero) is 1. The lowest BCUT2D eigenvalue weighted by Crippen LogP contribution is -2.20. The maximum absolute atomic E-state index is 13.7. The highest BCUT2D eigenvalue weighted by atomic mass is 19.1. The summed E-state index contributed by atoms with van der Waals surface area (Å²) in [5.41, 5.74) is 0.783. The summed E-state index contributed by atoms with van der Waals surface area (Å²) >= 11 is 0. The van der Waals surface area contributed by atoms with Crippen molar-refractivity contribution in [1.29, 1.82) is 0 Å². The van der Waals surface area contributed by atoms with Gasteiger partial charge in [-0.25, -0.2) is 4.39 Å². The quantitative estimate of drug-likeness (QED) is 0.784. The Morgan fingerprint density at radius 1 is 1.41 bits per heavy atom. The van der Waals surface area contributed by atoms with Crippen LogP contribution in [0.2, 0.25) is 0 Å². The standard InChI is InChI=1S/C17H19FO4/c1-3-22-17(20)15-11-8-10(16(19)14(11)15)6-9-4-5-13(21-2)12(18)7-9/h4-5,7,10-11,14-15H,3,6,8H2,1-2H3. The lowest BCUT2D eigenvalue weighted by atomic mass is 9.91. The number of hydrogen-bond acceptors (Lipinski definition) is 4. The molecular formula is C17H19FO4. The Morgan fingerprint density at radius 2 is 2.18 bits per heavy atom. The molecule has 5 heteroatoms. The van der Waals surface area contributed by atoms with Crippen molar-refractivity contribution in [3.05, 3.63) is 29.6 Å². The molecule has 4 atom stereocenters. The van der Waals surface area contributed by atoms with E-state index in [-0.39, 0.29) is 41.2 Å². The Bertz CT molecular complexity index is 613. The van der Waals surface area contributed by atoms with Crippen LogP contribution < -0.4 is 4.74 Å². The van der Waals surface area contributed by atoms with Gasteiger partial charge in [-0.15, -0.1) is 0 Å². The molecule has 118 valence electrons. The molecule has 3 rings (SSSR count). The summed E-state index contributed by atoms with van der Waals surface area (Å²) in [6.07, 6.45) is 1.21. The molecule has 22 heavy (non-hydrogen) atoms. The normalized spacial score (nSPS) is 29.1. The first kappa shape index (κ1) is 15.0. The molecule has 2 aliphatic carbocycles. The lowest BCUT2D eigenvalue weighted by molar-refractivity contribution is -0.146. The molecule has 2 fully saturated rings. The number of carbonyl (C=O) groups is 2. The van der Waals surface area contributed by atoms with E-state index < -0.39 is 5.82 Å². The summed E-state index contributed by atoms with van der Waals surface area (Å²) in [4.78, 5) is 24.1. The number of esters is 1. The molecule has 4 nitrogen and oxygen atoms in total. The number of fused-ring (bicyclic) bond motifs is 1. The number of rotatable bonds is 5. The number of halogens is 1. The molecule has 1 aromatic rings. The van der Waals surface area contributed by atoms with Crippen molar-refractivity contribution in [3.8, 4) is 5.75 Å². The Hall–Kier alpha value is -1.91. The van der Waals surface area contributed by atoms with Gasteiger partial charge < -0.3 is 9.47 Å². The van der Waals surface area contributed by atoms with Crippen LogP contribution in [0.25, 0.3) is 0 Å². The summed E-state index contributed by atoms with van der Waals surface area (Å²) in [6.45, 7) is 2.11. The predicted molar refractivity (Wildman–Crippen MR) is 76.9 cm³/mol. The molecule has 2 saturated carbocycles. The summed E-state index contributed by atoms with van der Waals surface area (Å²) in [6, 6.07) is 4.77. The van der Waals surface area contributed by atoms with E-state index in [4.69, 9.17) is 9.47 Å². The van der Waals surface area contributed by atoms with Crippen LogP contribution in [0.3, 0.4) is 0 Å². The largest absolute Gasteiger partial charge is 0.494 e. The lowest BCUT2D eigenvalue weighted by Gasteiger charge is -2.13. The molecule has 0 N–H and O–H groups in total. The van der Waals surface area contributed by atoms with Crippen LogP contribution in [-0.2, 0) is 20.7 Å². The highest BCUT2D eigenvalue weighted by Gasteiger charge is 2.65. The zero-order valence-electron chi connectivity index (χ0n) is 12.7. The third-order valence-corrected chi connectivity index (χ3v) is 4.71. The average Bonchev–Trinajstić information content (AvgIpc) is 3.12.